The summed E-state index contributed by atoms with van der Waals surface area (Å²) in [5, 5.41) is 1.24. The SMILES string of the molecule is CCC[P+](CCC)(CCC)c1c(C)ccc(S(=O)(=O)O)c1C. The van der Waals surface area contributed by atoms with E-state index in [1.54, 1.807) is 6.07 Å². The molecule has 0 radical (unpaired) electrons. The molecule has 1 rings (SSSR count). The topological polar surface area (TPSA) is 54.4 Å². The lowest BCUT2D eigenvalue weighted by atomic mass is 10.1. The molecule has 0 fully saturated rings. The van der Waals surface area contributed by atoms with Crippen molar-refractivity contribution in [1.29, 1.82) is 0 Å². The monoisotopic (exact) mass is 345 g/mol. The summed E-state index contributed by atoms with van der Waals surface area (Å²) >= 11 is 0. The zero-order chi connectivity index (χ0) is 17.0. The molecule has 1 N–H and O–H groups in total. The van der Waals surface area contributed by atoms with Crippen LogP contribution in [-0.2, 0) is 10.1 Å². The van der Waals surface area contributed by atoms with Gasteiger partial charge in [0.1, 0.15) is 10.2 Å². The highest BCUT2D eigenvalue weighted by molar-refractivity contribution is 7.86. The molecule has 0 atom stereocenters. The standard InChI is InChI=1S/C17H29O3PS/c1-6-11-21(12-7-2,13-8-3)17-14(4)9-10-16(15(17)5)22(18,19)20/h9-10H,6-8,11-13H2,1-5H3/p+1. The number of rotatable bonds is 8. The lowest BCUT2D eigenvalue weighted by Crippen LogP contribution is -2.26. The molecule has 0 aliphatic rings. The van der Waals surface area contributed by atoms with E-state index in [1.165, 1.54) is 10.9 Å². The Morgan fingerprint density at radius 1 is 0.955 bits per heavy atom. The van der Waals surface area contributed by atoms with Crippen LogP contribution >= 0.6 is 7.26 Å². The van der Waals surface area contributed by atoms with Crippen LogP contribution in [0.25, 0.3) is 0 Å². The summed E-state index contributed by atoms with van der Waals surface area (Å²) in [6.45, 7) is 10.6. The quantitative estimate of drug-likeness (QED) is 0.560. The first kappa shape index (κ1) is 19.6. The van der Waals surface area contributed by atoms with Crippen molar-refractivity contribution < 1.29 is 13.0 Å². The number of benzene rings is 1. The van der Waals surface area contributed by atoms with E-state index in [9.17, 15) is 13.0 Å². The van der Waals surface area contributed by atoms with Crippen molar-refractivity contribution >= 4 is 22.7 Å². The molecule has 22 heavy (non-hydrogen) atoms. The second kappa shape index (κ2) is 7.90. The molecule has 1 aromatic carbocycles. The minimum Gasteiger partial charge on any atom is -0.282 e. The second-order valence-corrected chi connectivity index (χ2v) is 11.6. The minimum absolute atomic E-state index is 0.0841. The predicted molar refractivity (Wildman–Crippen MR) is 97.8 cm³/mol. The molecular weight excluding hydrogens is 315 g/mol. The normalized spacial score (nSPS) is 12.6. The van der Waals surface area contributed by atoms with E-state index in [4.69, 9.17) is 0 Å². The van der Waals surface area contributed by atoms with Crippen molar-refractivity contribution in [3.63, 3.8) is 0 Å². The third-order valence-corrected chi connectivity index (χ3v) is 10.8. The van der Waals surface area contributed by atoms with Gasteiger partial charge in [0, 0.05) is 12.8 Å². The van der Waals surface area contributed by atoms with Crippen molar-refractivity contribution in [2.24, 2.45) is 0 Å². The maximum Gasteiger partial charge on any atom is 0.294 e. The molecule has 0 amide bonds. The van der Waals surface area contributed by atoms with E-state index < -0.39 is 17.4 Å². The summed E-state index contributed by atoms with van der Waals surface area (Å²) in [6.07, 6.45) is 6.82. The van der Waals surface area contributed by atoms with Crippen molar-refractivity contribution in [1.82, 2.24) is 0 Å². The van der Waals surface area contributed by atoms with Gasteiger partial charge in [0.05, 0.1) is 18.5 Å². The fourth-order valence-corrected chi connectivity index (χ4v) is 10.2. The van der Waals surface area contributed by atoms with Crippen LogP contribution in [-0.4, -0.2) is 31.5 Å². The molecule has 0 aliphatic carbocycles. The first-order valence-electron chi connectivity index (χ1n) is 8.17. The molecule has 0 saturated carbocycles. The van der Waals surface area contributed by atoms with Crippen molar-refractivity contribution in [2.75, 3.05) is 18.5 Å². The van der Waals surface area contributed by atoms with E-state index in [1.807, 2.05) is 13.0 Å². The van der Waals surface area contributed by atoms with Gasteiger partial charge in [0.2, 0.25) is 0 Å². The molecule has 0 bridgehead atoms. The Hall–Kier alpha value is -0.440. The molecular formula is C17H30O3PS+. The largest absolute Gasteiger partial charge is 0.294 e. The van der Waals surface area contributed by atoms with Crippen LogP contribution in [0.4, 0.5) is 0 Å². The summed E-state index contributed by atoms with van der Waals surface area (Å²) in [7, 11) is -5.56. The Bertz CT molecular complexity index is 592. The van der Waals surface area contributed by atoms with Crippen molar-refractivity contribution in [3.05, 3.63) is 23.3 Å². The molecule has 3 nitrogen and oxygen atoms in total. The fraction of sp³-hybridized carbons (Fsp3) is 0.647. The van der Waals surface area contributed by atoms with Crippen LogP contribution in [0, 0.1) is 13.8 Å². The highest BCUT2D eigenvalue weighted by atomic mass is 32.2. The van der Waals surface area contributed by atoms with Gasteiger partial charge < -0.3 is 0 Å². The van der Waals surface area contributed by atoms with Gasteiger partial charge in [0.25, 0.3) is 10.1 Å². The maximum absolute atomic E-state index is 11.7. The smallest absolute Gasteiger partial charge is 0.282 e. The van der Waals surface area contributed by atoms with Crippen LogP contribution in [0.3, 0.4) is 0 Å². The van der Waals surface area contributed by atoms with Crippen LogP contribution in [0.2, 0.25) is 0 Å². The predicted octanol–water partition coefficient (Wildman–Crippen LogP) is 4.42. The third-order valence-electron chi connectivity index (χ3n) is 4.29. The van der Waals surface area contributed by atoms with E-state index in [2.05, 4.69) is 27.7 Å². The number of hydrogen-bond donors (Lipinski definition) is 1. The lowest BCUT2D eigenvalue weighted by Gasteiger charge is -2.30. The summed E-state index contributed by atoms with van der Waals surface area (Å²) in [4.78, 5) is 0.0841. The fourth-order valence-electron chi connectivity index (χ4n) is 3.78. The Labute approximate surface area is 136 Å². The van der Waals surface area contributed by atoms with Gasteiger partial charge in [0.15, 0.2) is 0 Å². The van der Waals surface area contributed by atoms with Gasteiger partial charge in [-0.15, -0.1) is 0 Å². The number of hydrogen-bond acceptors (Lipinski definition) is 2. The average Bonchev–Trinajstić information content (AvgIpc) is 2.38. The van der Waals surface area contributed by atoms with Gasteiger partial charge in [-0.25, -0.2) is 0 Å². The van der Waals surface area contributed by atoms with Crippen LogP contribution < -0.4 is 5.30 Å². The molecule has 5 heteroatoms. The Kier molecular flexibility index (Phi) is 7.04. The first-order valence-corrected chi connectivity index (χ1v) is 12.0. The van der Waals surface area contributed by atoms with Crippen molar-refractivity contribution in [3.8, 4) is 0 Å². The zero-order valence-corrected chi connectivity index (χ0v) is 16.2. The molecule has 126 valence electrons. The van der Waals surface area contributed by atoms with Gasteiger partial charge in [-0.3, -0.25) is 4.55 Å². The summed E-state index contributed by atoms with van der Waals surface area (Å²) in [5.41, 5.74) is 1.94. The molecule has 0 heterocycles. The van der Waals surface area contributed by atoms with Gasteiger partial charge in [-0.1, -0.05) is 26.8 Å². The summed E-state index contributed by atoms with van der Waals surface area (Å²) in [5.74, 6) is 0. The molecule has 0 unspecified atom stereocenters. The zero-order valence-electron chi connectivity index (χ0n) is 14.5. The summed E-state index contributed by atoms with van der Waals surface area (Å²) < 4.78 is 32.9. The third kappa shape index (κ3) is 4.10. The van der Waals surface area contributed by atoms with Crippen LogP contribution in [0.15, 0.2) is 17.0 Å². The maximum atomic E-state index is 11.7. The van der Waals surface area contributed by atoms with E-state index >= 15 is 0 Å². The van der Waals surface area contributed by atoms with Gasteiger partial charge in [-0.05, 0) is 44.7 Å². The molecule has 0 aliphatic heterocycles. The number of aryl methyl sites for hydroxylation is 1. The molecule has 0 saturated heterocycles. The van der Waals surface area contributed by atoms with Crippen molar-refractivity contribution in [2.45, 2.75) is 58.8 Å². The molecule has 1 aromatic rings. The Morgan fingerprint density at radius 2 is 1.41 bits per heavy atom. The average molecular weight is 345 g/mol. The lowest BCUT2D eigenvalue weighted by molar-refractivity contribution is 0.482. The first-order chi connectivity index (χ1) is 10.2. The Balaban J connectivity index is 3.66. The highest BCUT2D eigenvalue weighted by Gasteiger charge is 2.41. The highest BCUT2D eigenvalue weighted by Crippen LogP contribution is 2.60. The van der Waals surface area contributed by atoms with E-state index in [-0.39, 0.29) is 4.90 Å². The molecule has 0 aromatic heterocycles. The van der Waals surface area contributed by atoms with Crippen LogP contribution in [0.1, 0.15) is 51.2 Å². The van der Waals surface area contributed by atoms with E-state index in [0.717, 1.165) is 43.3 Å². The second-order valence-electron chi connectivity index (χ2n) is 6.15. The van der Waals surface area contributed by atoms with Gasteiger partial charge in [-0.2, -0.15) is 8.42 Å². The summed E-state index contributed by atoms with van der Waals surface area (Å²) in [6, 6.07) is 3.41. The van der Waals surface area contributed by atoms with Gasteiger partial charge >= 0.3 is 0 Å². The van der Waals surface area contributed by atoms with Crippen LogP contribution in [0.5, 0.6) is 0 Å². The molecule has 0 spiro atoms. The van der Waals surface area contributed by atoms with E-state index in [0.29, 0.717) is 0 Å². The Morgan fingerprint density at radius 3 is 1.77 bits per heavy atom. The minimum atomic E-state index is -4.16.